The van der Waals surface area contributed by atoms with Gasteiger partial charge in [-0.05, 0) is 29.8 Å². The van der Waals surface area contributed by atoms with Gasteiger partial charge in [-0.2, -0.15) is 0 Å². The maximum atomic E-state index is 13.4. The van der Waals surface area contributed by atoms with Gasteiger partial charge in [-0.25, -0.2) is 17.2 Å². The van der Waals surface area contributed by atoms with Crippen LogP contribution in [0.15, 0.2) is 47.4 Å². The number of nitrogens with one attached hydrogen (secondary N) is 1. The molecule has 20 heavy (non-hydrogen) atoms. The van der Waals surface area contributed by atoms with E-state index in [0.717, 1.165) is 12.1 Å². The zero-order chi connectivity index (χ0) is 14.8. The molecular weight excluding hydrogens is 288 g/mol. The highest BCUT2D eigenvalue weighted by Gasteiger charge is 2.16. The maximum absolute atomic E-state index is 13.4. The van der Waals surface area contributed by atoms with Gasteiger partial charge in [0.15, 0.2) is 0 Å². The predicted octanol–water partition coefficient (Wildman–Crippen LogP) is 2.26. The monoisotopic (exact) mass is 299 g/mol. The Bertz CT molecular complexity index is 732. The van der Waals surface area contributed by atoms with Crippen molar-refractivity contribution >= 4 is 15.7 Å². The van der Waals surface area contributed by atoms with Crippen LogP contribution in [0, 0.1) is 11.6 Å². The van der Waals surface area contributed by atoms with Crippen LogP contribution < -0.4 is 4.72 Å². The van der Waals surface area contributed by atoms with E-state index in [1.54, 1.807) is 6.07 Å². The summed E-state index contributed by atoms with van der Waals surface area (Å²) in [6, 6.07) is 8.12. The fourth-order valence-electron chi connectivity index (χ4n) is 1.59. The summed E-state index contributed by atoms with van der Waals surface area (Å²) in [5.41, 5.74) is 0.0632. The molecule has 0 unspecified atom stereocenters. The van der Waals surface area contributed by atoms with Crippen molar-refractivity contribution in [3.8, 4) is 0 Å². The third-order valence-corrected chi connectivity index (χ3v) is 3.93. The first-order valence-corrected chi connectivity index (χ1v) is 7.08. The first-order valence-electron chi connectivity index (χ1n) is 5.60. The summed E-state index contributed by atoms with van der Waals surface area (Å²) in [6.45, 7) is -0.311. The second kappa shape index (κ2) is 5.56. The summed E-state index contributed by atoms with van der Waals surface area (Å²) in [5, 5.41) is 8.98. The number of aliphatic hydroxyl groups is 1. The van der Waals surface area contributed by atoms with E-state index >= 15 is 0 Å². The van der Waals surface area contributed by atoms with Crippen LogP contribution in [0.25, 0.3) is 0 Å². The second-order valence-corrected chi connectivity index (χ2v) is 5.72. The summed E-state index contributed by atoms with van der Waals surface area (Å²) in [6.07, 6.45) is 0. The first kappa shape index (κ1) is 14.4. The van der Waals surface area contributed by atoms with Crippen LogP contribution in [-0.4, -0.2) is 13.5 Å². The number of sulfonamides is 1. The third-order valence-electron chi connectivity index (χ3n) is 2.57. The van der Waals surface area contributed by atoms with E-state index in [-0.39, 0.29) is 17.2 Å². The van der Waals surface area contributed by atoms with Gasteiger partial charge in [0, 0.05) is 6.07 Å². The van der Waals surface area contributed by atoms with Crippen LogP contribution in [-0.2, 0) is 16.6 Å². The van der Waals surface area contributed by atoms with Crippen molar-refractivity contribution in [2.75, 3.05) is 4.72 Å². The van der Waals surface area contributed by atoms with Crippen LogP contribution in [0.1, 0.15) is 5.56 Å². The highest BCUT2D eigenvalue weighted by molar-refractivity contribution is 7.92. The molecule has 7 heteroatoms. The van der Waals surface area contributed by atoms with Gasteiger partial charge in [0.1, 0.15) is 11.6 Å². The SMILES string of the molecule is O=S(=O)(Nc1ccc(F)cc1F)c1cccc(CO)c1. The topological polar surface area (TPSA) is 66.4 Å². The lowest BCUT2D eigenvalue weighted by molar-refractivity contribution is 0.281. The molecule has 0 bridgehead atoms. The lowest BCUT2D eigenvalue weighted by Crippen LogP contribution is -2.14. The Kier molecular flexibility index (Phi) is 4.01. The smallest absolute Gasteiger partial charge is 0.261 e. The molecule has 0 aliphatic heterocycles. The standard InChI is InChI=1S/C13H11F2NO3S/c14-10-4-5-13(12(15)7-10)16-20(18,19)11-3-1-2-9(6-11)8-17/h1-7,16-17H,8H2. The van der Waals surface area contributed by atoms with Crippen molar-refractivity contribution in [2.24, 2.45) is 0 Å². The fourth-order valence-corrected chi connectivity index (χ4v) is 2.72. The van der Waals surface area contributed by atoms with Gasteiger partial charge in [-0.15, -0.1) is 0 Å². The molecule has 0 heterocycles. The summed E-state index contributed by atoms with van der Waals surface area (Å²) in [4.78, 5) is -0.118. The summed E-state index contributed by atoms with van der Waals surface area (Å²) >= 11 is 0. The van der Waals surface area contributed by atoms with Gasteiger partial charge in [-0.3, -0.25) is 4.72 Å². The number of rotatable bonds is 4. The second-order valence-electron chi connectivity index (χ2n) is 4.04. The molecule has 0 fully saturated rings. The number of halogens is 2. The molecule has 0 aliphatic rings. The molecule has 0 aromatic heterocycles. The molecule has 0 aliphatic carbocycles. The minimum absolute atomic E-state index is 0.118. The van der Waals surface area contributed by atoms with Gasteiger partial charge in [0.05, 0.1) is 17.2 Å². The Morgan fingerprint density at radius 1 is 1.10 bits per heavy atom. The lowest BCUT2D eigenvalue weighted by Gasteiger charge is -2.09. The predicted molar refractivity (Wildman–Crippen MR) is 69.5 cm³/mol. The molecule has 0 saturated carbocycles. The van der Waals surface area contributed by atoms with E-state index in [2.05, 4.69) is 0 Å². The Morgan fingerprint density at radius 3 is 2.50 bits per heavy atom. The Morgan fingerprint density at radius 2 is 1.85 bits per heavy atom. The molecule has 2 aromatic carbocycles. The number of benzene rings is 2. The Balaban J connectivity index is 2.35. The minimum Gasteiger partial charge on any atom is -0.392 e. The first-order chi connectivity index (χ1) is 9.42. The van der Waals surface area contributed by atoms with Crippen LogP contribution in [0.5, 0.6) is 0 Å². The third kappa shape index (κ3) is 3.12. The summed E-state index contributed by atoms with van der Waals surface area (Å²) < 4.78 is 52.3. The van der Waals surface area contributed by atoms with Crippen LogP contribution in [0.4, 0.5) is 14.5 Å². The van der Waals surface area contributed by atoms with Gasteiger partial charge in [-0.1, -0.05) is 12.1 Å². The highest BCUT2D eigenvalue weighted by atomic mass is 32.2. The Hall–Kier alpha value is -1.99. The van der Waals surface area contributed by atoms with E-state index in [9.17, 15) is 17.2 Å². The van der Waals surface area contributed by atoms with Crippen molar-refractivity contribution in [2.45, 2.75) is 11.5 Å². The number of anilines is 1. The number of hydrogen-bond acceptors (Lipinski definition) is 3. The molecule has 0 saturated heterocycles. The number of aliphatic hydroxyl groups excluding tert-OH is 1. The molecule has 2 N–H and O–H groups in total. The molecule has 2 rings (SSSR count). The van der Waals surface area contributed by atoms with Crippen LogP contribution in [0.3, 0.4) is 0 Å². The van der Waals surface area contributed by atoms with Crippen LogP contribution in [0.2, 0.25) is 0 Å². The van der Waals surface area contributed by atoms with Gasteiger partial charge in [0.25, 0.3) is 10.0 Å². The minimum atomic E-state index is -4.00. The van der Waals surface area contributed by atoms with Crippen molar-refractivity contribution in [3.05, 3.63) is 59.7 Å². The van der Waals surface area contributed by atoms with E-state index in [4.69, 9.17) is 5.11 Å². The zero-order valence-electron chi connectivity index (χ0n) is 10.2. The van der Waals surface area contributed by atoms with E-state index in [0.29, 0.717) is 11.6 Å². The maximum Gasteiger partial charge on any atom is 0.261 e. The van der Waals surface area contributed by atoms with Gasteiger partial charge in [0.2, 0.25) is 0 Å². The quantitative estimate of drug-likeness (QED) is 0.910. The molecule has 2 aromatic rings. The van der Waals surface area contributed by atoms with Crippen LogP contribution >= 0.6 is 0 Å². The molecular formula is C13H11F2NO3S. The molecule has 0 spiro atoms. The molecule has 106 valence electrons. The fraction of sp³-hybridized carbons (Fsp3) is 0.0769. The van der Waals surface area contributed by atoms with Crippen molar-refractivity contribution in [3.63, 3.8) is 0 Å². The molecule has 0 atom stereocenters. The van der Waals surface area contributed by atoms with Gasteiger partial charge >= 0.3 is 0 Å². The van der Waals surface area contributed by atoms with Crippen molar-refractivity contribution < 1.29 is 22.3 Å². The average Bonchev–Trinajstić information content (AvgIpc) is 2.42. The molecule has 4 nitrogen and oxygen atoms in total. The van der Waals surface area contributed by atoms with E-state index in [1.807, 2.05) is 4.72 Å². The Labute approximate surface area is 114 Å². The average molecular weight is 299 g/mol. The molecule has 0 radical (unpaired) electrons. The summed E-state index contributed by atoms with van der Waals surface area (Å²) in [5.74, 6) is -1.81. The largest absolute Gasteiger partial charge is 0.392 e. The molecule has 0 amide bonds. The normalized spacial score (nSPS) is 11.3. The van der Waals surface area contributed by atoms with E-state index in [1.165, 1.54) is 18.2 Å². The van der Waals surface area contributed by atoms with Gasteiger partial charge < -0.3 is 5.11 Å². The summed E-state index contributed by atoms with van der Waals surface area (Å²) in [7, 11) is -4.00. The number of hydrogen-bond donors (Lipinski definition) is 2. The van der Waals surface area contributed by atoms with Crippen molar-refractivity contribution in [1.82, 2.24) is 0 Å². The zero-order valence-corrected chi connectivity index (χ0v) is 11.0. The highest BCUT2D eigenvalue weighted by Crippen LogP contribution is 2.20. The van der Waals surface area contributed by atoms with Crippen molar-refractivity contribution in [1.29, 1.82) is 0 Å². The van der Waals surface area contributed by atoms with E-state index < -0.39 is 21.7 Å². The lowest BCUT2D eigenvalue weighted by atomic mass is 10.2.